The molecule has 0 bridgehead atoms. The highest BCUT2D eigenvalue weighted by Crippen LogP contribution is 2.14. The van der Waals surface area contributed by atoms with Gasteiger partial charge in [0.1, 0.15) is 5.75 Å². The van der Waals surface area contributed by atoms with Gasteiger partial charge in [0.25, 0.3) is 0 Å². The number of carbonyl (C=O) groups excluding carboxylic acids is 2. The Labute approximate surface area is 124 Å². The van der Waals surface area contributed by atoms with Gasteiger partial charge in [0, 0.05) is 24.0 Å². The zero-order valence-electron chi connectivity index (χ0n) is 12.3. The molecule has 2 aromatic rings. The van der Waals surface area contributed by atoms with Gasteiger partial charge in [-0.05, 0) is 31.2 Å². The lowest BCUT2D eigenvalue weighted by Gasteiger charge is -2.04. The number of Topliss-reactive ketones (excluding diaryl/α,β-unsaturated/α-hetero) is 2. The quantitative estimate of drug-likeness (QED) is 0.756. The van der Waals surface area contributed by atoms with Crippen molar-refractivity contribution in [3.05, 3.63) is 65.2 Å². The first-order valence-corrected chi connectivity index (χ1v) is 6.87. The molecule has 0 spiro atoms. The summed E-state index contributed by atoms with van der Waals surface area (Å²) in [4.78, 5) is 24.1. The van der Waals surface area contributed by atoms with Gasteiger partial charge in [0.05, 0.1) is 7.11 Å². The average molecular weight is 282 g/mol. The molecule has 3 nitrogen and oxygen atoms in total. The minimum atomic E-state index is -0.0295. The van der Waals surface area contributed by atoms with Crippen LogP contribution in [0.3, 0.4) is 0 Å². The molecule has 2 aromatic carbocycles. The number of benzene rings is 2. The Morgan fingerprint density at radius 1 is 0.810 bits per heavy atom. The van der Waals surface area contributed by atoms with Gasteiger partial charge >= 0.3 is 0 Å². The molecule has 0 amide bonds. The Balaban J connectivity index is 1.93. The Bertz CT molecular complexity index is 625. The summed E-state index contributed by atoms with van der Waals surface area (Å²) in [7, 11) is 1.58. The Morgan fingerprint density at radius 2 is 1.24 bits per heavy atom. The van der Waals surface area contributed by atoms with Crippen molar-refractivity contribution in [3.63, 3.8) is 0 Å². The lowest BCUT2D eigenvalue weighted by molar-refractivity contribution is 0.0917. The van der Waals surface area contributed by atoms with Crippen LogP contribution >= 0.6 is 0 Å². The zero-order valence-corrected chi connectivity index (χ0v) is 12.3. The number of ether oxygens (including phenoxy) is 1. The first-order valence-electron chi connectivity index (χ1n) is 6.87. The molecule has 0 radical (unpaired) electrons. The zero-order chi connectivity index (χ0) is 15.2. The van der Waals surface area contributed by atoms with Gasteiger partial charge in [0.2, 0.25) is 0 Å². The molecule has 0 atom stereocenters. The molecule has 0 saturated carbocycles. The van der Waals surface area contributed by atoms with Gasteiger partial charge in [-0.1, -0.05) is 29.8 Å². The summed E-state index contributed by atoms with van der Waals surface area (Å²) in [5.74, 6) is 0.678. The van der Waals surface area contributed by atoms with Crippen molar-refractivity contribution < 1.29 is 14.3 Å². The van der Waals surface area contributed by atoms with E-state index in [-0.39, 0.29) is 24.4 Å². The molecule has 0 aliphatic rings. The summed E-state index contributed by atoms with van der Waals surface area (Å²) < 4.78 is 5.05. The summed E-state index contributed by atoms with van der Waals surface area (Å²) in [6.07, 6.45) is 0.451. The predicted octanol–water partition coefficient (Wildman–Crippen LogP) is 3.85. The van der Waals surface area contributed by atoms with Crippen molar-refractivity contribution in [3.8, 4) is 5.75 Å². The molecule has 3 heteroatoms. The summed E-state index contributed by atoms with van der Waals surface area (Å²) in [5.41, 5.74) is 2.37. The predicted molar refractivity (Wildman–Crippen MR) is 82.1 cm³/mol. The van der Waals surface area contributed by atoms with E-state index in [4.69, 9.17) is 4.74 Å². The van der Waals surface area contributed by atoms with Crippen molar-refractivity contribution in [2.45, 2.75) is 19.8 Å². The SMILES string of the molecule is COc1ccc(C(=O)CCC(=O)c2ccc(C)cc2)cc1. The van der Waals surface area contributed by atoms with E-state index in [2.05, 4.69) is 0 Å². The fourth-order valence-corrected chi connectivity index (χ4v) is 2.03. The van der Waals surface area contributed by atoms with E-state index in [0.717, 1.165) is 5.56 Å². The molecule has 0 aliphatic heterocycles. The third-order valence-electron chi connectivity index (χ3n) is 3.36. The third kappa shape index (κ3) is 4.02. The van der Waals surface area contributed by atoms with Crippen LogP contribution in [0, 0.1) is 6.92 Å². The number of carbonyl (C=O) groups is 2. The number of hydrogen-bond acceptors (Lipinski definition) is 3. The number of hydrogen-bond donors (Lipinski definition) is 0. The van der Waals surface area contributed by atoms with Gasteiger partial charge in [-0.15, -0.1) is 0 Å². The maximum Gasteiger partial charge on any atom is 0.163 e. The number of aryl methyl sites for hydroxylation is 1. The fraction of sp³-hybridized carbons (Fsp3) is 0.222. The van der Waals surface area contributed by atoms with Crippen LogP contribution in [0.5, 0.6) is 5.75 Å². The second-order valence-corrected chi connectivity index (χ2v) is 4.94. The number of ketones is 2. The van der Waals surface area contributed by atoms with E-state index in [1.807, 2.05) is 19.1 Å². The molecule has 0 N–H and O–H groups in total. The second-order valence-electron chi connectivity index (χ2n) is 4.94. The molecular formula is C18H18O3. The second kappa shape index (κ2) is 6.84. The smallest absolute Gasteiger partial charge is 0.163 e. The van der Waals surface area contributed by atoms with Crippen molar-refractivity contribution in [2.24, 2.45) is 0 Å². The van der Waals surface area contributed by atoms with Crippen LogP contribution in [0.4, 0.5) is 0 Å². The van der Waals surface area contributed by atoms with Gasteiger partial charge < -0.3 is 4.74 Å². The number of rotatable bonds is 6. The third-order valence-corrected chi connectivity index (χ3v) is 3.36. The molecule has 0 aromatic heterocycles. The van der Waals surface area contributed by atoms with Crippen LogP contribution in [0.2, 0.25) is 0 Å². The van der Waals surface area contributed by atoms with Gasteiger partial charge in [-0.2, -0.15) is 0 Å². The molecule has 2 rings (SSSR count). The van der Waals surface area contributed by atoms with Crippen molar-refractivity contribution in [1.82, 2.24) is 0 Å². The van der Waals surface area contributed by atoms with Crippen molar-refractivity contribution >= 4 is 11.6 Å². The van der Waals surface area contributed by atoms with Crippen molar-refractivity contribution in [2.75, 3.05) is 7.11 Å². The molecule has 0 fully saturated rings. The normalized spacial score (nSPS) is 10.2. The van der Waals surface area contributed by atoms with Crippen LogP contribution in [0.15, 0.2) is 48.5 Å². The van der Waals surface area contributed by atoms with Gasteiger partial charge in [-0.25, -0.2) is 0 Å². The van der Waals surface area contributed by atoms with E-state index in [1.54, 1.807) is 43.5 Å². The summed E-state index contributed by atoms with van der Waals surface area (Å²) in [6.45, 7) is 1.97. The average Bonchev–Trinajstić information content (AvgIpc) is 2.53. The fourth-order valence-electron chi connectivity index (χ4n) is 2.03. The molecule has 0 aliphatic carbocycles. The summed E-state index contributed by atoms with van der Waals surface area (Å²) >= 11 is 0. The van der Waals surface area contributed by atoms with E-state index in [9.17, 15) is 9.59 Å². The van der Waals surface area contributed by atoms with Crippen molar-refractivity contribution in [1.29, 1.82) is 0 Å². The summed E-state index contributed by atoms with van der Waals surface area (Å²) in [5, 5.41) is 0. The van der Waals surface area contributed by atoms with Gasteiger partial charge in [-0.3, -0.25) is 9.59 Å². The van der Waals surface area contributed by atoms with Crippen LogP contribution in [-0.4, -0.2) is 18.7 Å². The molecule has 108 valence electrons. The highest BCUT2D eigenvalue weighted by Gasteiger charge is 2.11. The minimum absolute atomic E-state index is 0.00291. The monoisotopic (exact) mass is 282 g/mol. The van der Waals surface area contributed by atoms with E-state index >= 15 is 0 Å². The highest BCUT2D eigenvalue weighted by atomic mass is 16.5. The first-order chi connectivity index (χ1) is 10.1. The minimum Gasteiger partial charge on any atom is -0.497 e. The molecule has 0 saturated heterocycles. The Morgan fingerprint density at radius 3 is 1.67 bits per heavy atom. The topological polar surface area (TPSA) is 43.4 Å². The molecular weight excluding hydrogens is 264 g/mol. The summed E-state index contributed by atoms with van der Waals surface area (Å²) in [6, 6.07) is 14.3. The van der Waals surface area contributed by atoms with E-state index in [0.29, 0.717) is 16.9 Å². The maximum atomic E-state index is 12.0. The van der Waals surface area contributed by atoms with Crippen LogP contribution < -0.4 is 4.74 Å². The van der Waals surface area contributed by atoms with Crippen LogP contribution in [0.1, 0.15) is 39.1 Å². The van der Waals surface area contributed by atoms with E-state index < -0.39 is 0 Å². The van der Waals surface area contributed by atoms with Crippen LogP contribution in [-0.2, 0) is 0 Å². The highest BCUT2D eigenvalue weighted by molar-refractivity contribution is 6.02. The molecule has 0 heterocycles. The van der Waals surface area contributed by atoms with E-state index in [1.165, 1.54) is 0 Å². The standard InChI is InChI=1S/C18H18O3/c1-13-3-5-14(6-4-13)17(19)11-12-18(20)15-7-9-16(21-2)10-8-15/h3-10H,11-12H2,1-2H3. The lowest BCUT2D eigenvalue weighted by Crippen LogP contribution is -2.05. The number of methoxy groups -OCH3 is 1. The Hall–Kier alpha value is -2.42. The first kappa shape index (κ1) is 15.0. The maximum absolute atomic E-state index is 12.0. The van der Waals surface area contributed by atoms with Gasteiger partial charge in [0.15, 0.2) is 11.6 Å². The van der Waals surface area contributed by atoms with Crippen LogP contribution in [0.25, 0.3) is 0 Å². The molecule has 21 heavy (non-hydrogen) atoms. The largest absolute Gasteiger partial charge is 0.497 e. The lowest BCUT2D eigenvalue weighted by atomic mass is 10.0. The Kier molecular flexibility index (Phi) is 4.88. The molecule has 0 unspecified atom stereocenters.